The van der Waals surface area contributed by atoms with E-state index in [1.54, 1.807) is 7.11 Å². The Bertz CT molecular complexity index is 631. The Hall–Kier alpha value is -1.70. The van der Waals surface area contributed by atoms with E-state index in [9.17, 15) is 0 Å². The number of rotatable bonds is 7. The SMILES string of the molecule is CCC(C)(C)CCCNc1ccc(C)c2cc(OC)ccc12. The fraction of sp³-hybridized carbons (Fsp3) is 0.500. The molecule has 0 unspecified atom stereocenters. The number of methoxy groups -OCH3 is 1. The maximum atomic E-state index is 5.35. The lowest BCUT2D eigenvalue weighted by molar-refractivity contribution is 0.316. The summed E-state index contributed by atoms with van der Waals surface area (Å²) in [5.74, 6) is 0.914. The lowest BCUT2D eigenvalue weighted by atomic mass is 9.85. The molecule has 0 aliphatic rings. The third kappa shape index (κ3) is 3.94. The molecular formula is C20H29NO. The van der Waals surface area contributed by atoms with E-state index in [-0.39, 0.29) is 0 Å². The molecule has 2 heteroatoms. The molecule has 0 heterocycles. The zero-order chi connectivity index (χ0) is 16.2. The molecule has 120 valence electrons. The van der Waals surface area contributed by atoms with E-state index in [0.29, 0.717) is 5.41 Å². The van der Waals surface area contributed by atoms with Crippen LogP contribution in [0, 0.1) is 12.3 Å². The summed E-state index contributed by atoms with van der Waals surface area (Å²) in [6, 6.07) is 10.7. The van der Waals surface area contributed by atoms with Crippen molar-refractivity contribution in [2.45, 2.75) is 47.0 Å². The van der Waals surface area contributed by atoms with E-state index in [0.717, 1.165) is 12.3 Å². The average Bonchev–Trinajstić information content (AvgIpc) is 2.53. The standard InChI is InChI=1S/C20H29NO/c1-6-20(3,4)12-7-13-21-19-11-8-15(2)18-14-16(22-5)9-10-17(18)19/h8-11,14,21H,6-7,12-13H2,1-5H3. The summed E-state index contributed by atoms with van der Waals surface area (Å²) in [6.45, 7) is 10.1. The number of anilines is 1. The minimum Gasteiger partial charge on any atom is -0.497 e. The fourth-order valence-electron chi connectivity index (χ4n) is 2.72. The third-order valence-electron chi connectivity index (χ3n) is 4.74. The van der Waals surface area contributed by atoms with Crippen molar-refractivity contribution in [3.05, 3.63) is 35.9 Å². The van der Waals surface area contributed by atoms with E-state index in [4.69, 9.17) is 4.74 Å². The molecular weight excluding hydrogens is 270 g/mol. The van der Waals surface area contributed by atoms with Crippen LogP contribution in [0.25, 0.3) is 10.8 Å². The van der Waals surface area contributed by atoms with Gasteiger partial charge in [0.05, 0.1) is 7.11 Å². The molecule has 0 fully saturated rings. The predicted octanol–water partition coefficient (Wildman–Crippen LogP) is 5.79. The molecule has 2 aromatic rings. The molecule has 0 aliphatic heterocycles. The second-order valence-electron chi connectivity index (χ2n) is 6.89. The van der Waals surface area contributed by atoms with Gasteiger partial charge in [-0.15, -0.1) is 0 Å². The van der Waals surface area contributed by atoms with E-state index < -0.39 is 0 Å². The molecule has 0 spiro atoms. The lowest BCUT2D eigenvalue weighted by Crippen LogP contribution is -2.12. The Labute approximate surface area is 134 Å². The van der Waals surface area contributed by atoms with Gasteiger partial charge in [-0.3, -0.25) is 0 Å². The molecule has 22 heavy (non-hydrogen) atoms. The van der Waals surface area contributed by atoms with Gasteiger partial charge in [0.15, 0.2) is 0 Å². The highest BCUT2D eigenvalue weighted by Crippen LogP contribution is 2.30. The first-order chi connectivity index (χ1) is 10.5. The van der Waals surface area contributed by atoms with Gasteiger partial charge in [-0.2, -0.15) is 0 Å². The number of nitrogens with one attached hydrogen (secondary N) is 1. The van der Waals surface area contributed by atoms with Gasteiger partial charge in [0, 0.05) is 17.6 Å². The Morgan fingerprint density at radius 1 is 1.09 bits per heavy atom. The Balaban J connectivity index is 2.10. The molecule has 0 aliphatic carbocycles. The van der Waals surface area contributed by atoms with Gasteiger partial charge in [-0.25, -0.2) is 0 Å². The molecule has 2 nitrogen and oxygen atoms in total. The number of fused-ring (bicyclic) bond motifs is 1. The van der Waals surface area contributed by atoms with Crippen LogP contribution in [0.1, 0.15) is 45.6 Å². The molecule has 0 saturated carbocycles. The van der Waals surface area contributed by atoms with Crippen molar-refractivity contribution < 1.29 is 4.74 Å². The quantitative estimate of drug-likeness (QED) is 0.654. The average molecular weight is 299 g/mol. The van der Waals surface area contributed by atoms with E-state index in [2.05, 4.69) is 57.3 Å². The van der Waals surface area contributed by atoms with Gasteiger partial charge in [0.1, 0.15) is 5.75 Å². The minimum absolute atomic E-state index is 0.449. The number of ether oxygens (including phenoxy) is 1. The number of benzene rings is 2. The zero-order valence-electron chi connectivity index (χ0n) is 14.6. The monoisotopic (exact) mass is 299 g/mol. The van der Waals surface area contributed by atoms with Crippen molar-refractivity contribution in [3.8, 4) is 5.75 Å². The van der Waals surface area contributed by atoms with Crippen LogP contribution >= 0.6 is 0 Å². The summed E-state index contributed by atoms with van der Waals surface area (Å²) in [4.78, 5) is 0. The van der Waals surface area contributed by atoms with Crippen molar-refractivity contribution in [1.29, 1.82) is 0 Å². The Morgan fingerprint density at radius 3 is 2.55 bits per heavy atom. The predicted molar refractivity (Wildman–Crippen MR) is 97.0 cm³/mol. The second-order valence-corrected chi connectivity index (χ2v) is 6.89. The molecule has 2 aromatic carbocycles. The van der Waals surface area contributed by atoms with Crippen molar-refractivity contribution in [2.75, 3.05) is 19.0 Å². The number of aryl methyl sites for hydroxylation is 1. The van der Waals surface area contributed by atoms with Gasteiger partial charge in [-0.05, 0) is 60.4 Å². The van der Waals surface area contributed by atoms with Crippen molar-refractivity contribution in [2.24, 2.45) is 5.41 Å². The third-order valence-corrected chi connectivity index (χ3v) is 4.74. The lowest BCUT2D eigenvalue weighted by Gasteiger charge is -2.22. The molecule has 0 saturated heterocycles. The molecule has 0 aromatic heterocycles. The second kappa shape index (κ2) is 7.04. The largest absolute Gasteiger partial charge is 0.497 e. The van der Waals surface area contributed by atoms with E-state index in [1.807, 2.05) is 6.07 Å². The zero-order valence-corrected chi connectivity index (χ0v) is 14.6. The van der Waals surface area contributed by atoms with Crippen LogP contribution in [0.5, 0.6) is 5.75 Å². The van der Waals surface area contributed by atoms with Gasteiger partial charge in [-0.1, -0.05) is 33.3 Å². The van der Waals surface area contributed by atoms with E-state index >= 15 is 0 Å². The van der Waals surface area contributed by atoms with Gasteiger partial charge < -0.3 is 10.1 Å². The smallest absolute Gasteiger partial charge is 0.119 e. The first kappa shape index (κ1) is 16.7. The van der Waals surface area contributed by atoms with Crippen LogP contribution in [0.15, 0.2) is 30.3 Å². The molecule has 0 atom stereocenters. The summed E-state index contributed by atoms with van der Waals surface area (Å²) < 4.78 is 5.35. The summed E-state index contributed by atoms with van der Waals surface area (Å²) in [7, 11) is 1.72. The first-order valence-corrected chi connectivity index (χ1v) is 8.28. The van der Waals surface area contributed by atoms with Gasteiger partial charge in [0.2, 0.25) is 0 Å². The maximum absolute atomic E-state index is 5.35. The summed E-state index contributed by atoms with van der Waals surface area (Å²) in [6.07, 6.45) is 3.70. The van der Waals surface area contributed by atoms with Gasteiger partial charge in [0.25, 0.3) is 0 Å². The molecule has 0 radical (unpaired) electrons. The highest BCUT2D eigenvalue weighted by molar-refractivity contribution is 5.96. The fourth-order valence-corrected chi connectivity index (χ4v) is 2.72. The molecule has 1 N–H and O–H groups in total. The topological polar surface area (TPSA) is 21.3 Å². The van der Waals surface area contributed by atoms with Crippen molar-refractivity contribution >= 4 is 16.5 Å². The maximum Gasteiger partial charge on any atom is 0.119 e. The van der Waals surface area contributed by atoms with Crippen molar-refractivity contribution in [1.82, 2.24) is 0 Å². The first-order valence-electron chi connectivity index (χ1n) is 8.28. The number of hydrogen-bond donors (Lipinski definition) is 1. The van der Waals surface area contributed by atoms with Crippen LogP contribution < -0.4 is 10.1 Å². The molecule has 0 bridgehead atoms. The number of hydrogen-bond acceptors (Lipinski definition) is 2. The summed E-state index contributed by atoms with van der Waals surface area (Å²) >= 11 is 0. The molecule has 0 amide bonds. The normalized spacial score (nSPS) is 11.7. The summed E-state index contributed by atoms with van der Waals surface area (Å²) in [5.41, 5.74) is 2.95. The van der Waals surface area contributed by atoms with Crippen LogP contribution in [-0.4, -0.2) is 13.7 Å². The van der Waals surface area contributed by atoms with Gasteiger partial charge >= 0.3 is 0 Å². The van der Waals surface area contributed by atoms with Crippen LogP contribution in [0.4, 0.5) is 5.69 Å². The highest BCUT2D eigenvalue weighted by atomic mass is 16.5. The van der Waals surface area contributed by atoms with Crippen molar-refractivity contribution in [3.63, 3.8) is 0 Å². The highest BCUT2D eigenvalue weighted by Gasteiger charge is 2.14. The Kier molecular flexibility index (Phi) is 5.33. The van der Waals surface area contributed by atoms with Crippen LogP contribution in [-0.2, 0) is 0 Å². The Morgan fingerprint density at radius 2 is 1.86 bits per heavy atom. The summed E-state index contributed by atoms with van der Waals surface area (Å²) in [5, 5.41) is 6.14. The van der Waals surface area contributed by atoms with Crippen LogP contribution in [0.3, 0.4) is 0 Å². The van der Waals surface area contributed by atoms with Crippen LogP contribution in [0.2, 0.25) is 0 Å². The minimum atomic E-state index is 0.449. The molecule has 2 rings (SSSR count). The van der Waals surface area contributed by atoms with E-state index in [1.165, 1.54) is 41.3 Å².